The Labute approximate surface area is 108 Å². The molecular weight excluding hydrogens is 263 g/mol. The van der Waals surface area contributed by atoms with Crippen LogP contribution in [0.4, 0.5) is 10.1 Å². The molecule has 2 amide bonds. The molecule has 0 aliphatic heterocycles. The number of halogens is 2. The van der Waals surface area contributed by atoms with Crippen molar-refractivity contribution in [2.45, 2.75) is 13.0 Å². The SMILES string of the molecule is C[C@H](O)CNC(=O)C(=O)Nc1ccc(Cl)cc1F. The fourth-order valence-electron chi connectivity index (χ4n) is 1.09. The fourth-order valence-corrected chi connectivity index (χ4v) is 1.25. The van der Waals surface area contributed by atoms with Gasteiger partial charge in [-0.25, -0.2) is 4.39 Å². The molecule has 0 aliphatic carbocycles. The third-order valence-corrected chi connectivity index (χ3v) is 2.18. The van der Waals surface area contributed by atoms with Crippen LogP contribution in [0.3, 0.4) is 0 Å². The predicted octanol–water partition coefficient (Wildman–Crippen LogP) is 0.915. The van der Waals surface area contributed by atoms with Crippen LogP contribution in [0.5, 0.6) is 0 Å². The van der Waals surface area contributed by atoms with Crippen LogP contribution in [-0.4, -0.2) is 29.6 Å². The van der Waals surface area contributed by atoms with Crippen LogP contribution in [-0.2, 0) is 9.59 Å². The van der Waals surface area contributed by atoms with Crippen LogP contribution in [0, 0.1) is 5.82 Å². The monoisotopic (exact) mass is 274 g/mol. The summed E-state index contributed by atoms with van der Waals surface area (Å²) in [4.78, 5) is 22.6. The summed E-state index contributed by atoms with van der Waals surface area (Å²) in [7, 11) is 0. The van der Waals surface area contributed by atoms with Crippen molar-refractivity contribution in [2.75, 3.05) is 11.9 Å². The van der Waals surface area contributed by atoms with Crippen molar-refractivity contribution in [1.82, 2.24) is 5.32 Å². The summed E-state index contributed by atoms with van der Waals surface area (Å²) in [5, 5.41) is 13.4. The van der Waals surface area contributed by atoms with Gasteiger partial charge in [-0.05, 0) is 25.1 Å². The molecule has 0 saturated heterocycles. The summed E-state index contributed by atoms with van der Waals surface area (Å²) >= 11 is 5.54. The zero-order valence-corrected chi connectivity index (χ0v) is 10.3. The number of hydrogen-bond donors (Lipinski definition) is 3. The highest BCUT2D eigenvalue weighted by molar-refractivity contribution is 6.39. The van der Waals surface area contributed by atoms with E-state index in [2.05, 4.69) is 10.6 Å². The van der Waals surface area contributed by atoms with Crippen LogP contribution in [0.15, 0.2) is 18.2 Å². The number of rotatable bonds is 3. The van der Waals surface area contributed by atoms with E-state index in [0.29, 0.717) is 0 Å². The van der Waals surface area contributed by atoms with E-state index in [1.807, 2.05) is 0 Å². The lowest BCUT2D eigenvalue weighted by atomic mass is 10.3. The zero-order valence-electron chi connectivity index (χ0n) is 9.54. The first-order chi connectivity index (χ1) is 8.40. The lowest BCUT2D eigenvalue weighted by molar-refractivity contribution is -0.136. The van der Waals surface area contributed by atoms with Gasteiger partial charge in [0.25, 0.3) is 0 Å². The van der Waals surface area contributed by atoms with Gasteiger partial charge in [-0.2, -0.15) is 0 Å². The number of amides is 2. The molecule has 1 aromatic rings. The molecule has 0 heterocycles. The molecule has 18 heavy (non-hydrogen) atoms. The molecule has 1 atom stereocenters. The Morgan fingerprint density at radius 2 is 2.11 bits per heavy atom. The van der Waals surface area contributed by atoms with Crippen LogP contribution in [0.1, 0.15) is 6.92 Å². The van der Waals surface area contributed by atoms with Crippen molar-refractivity contribution >= 4 is 29.1 Å². The third kappa shape index (κ3) is 4.31. The smallest absolute Gasteiger partial charge is 0.313 e. The molecule has 5 nitrogen and oxygen atoms in total. The van der Waals surface area contributed by atoms with E-state index < -0.39 is 23.7 Å². The summed E-state index contributed by atoms with van der Waals surface area (Å²) in [6.07, 6.45) is -0.769. The van der Waals surface area contributed by atoms with Gasteiger partial charge in [-0.1, -0.05) is 11.6 Å². The lowest BCUT2D eigenvalue weighted by Crippen LogP contribution is -2.38. The van der Waals surface area contributed by atoms with Crippen LogP contribution in [0.2, 0.25) is 5.02 Å². The fraction of sp³-hybridized carbons (Fsp3) is 0.273. The average molecular weight is 275 g/mol. The van der Waals surface area contributed by atoms with E-state index in [-0.39, 0.29) is 17.3 Å². The summed E-state index contributed by atoms with van der Waals surface area (Å²) in [5.74, 6) is -2.71. The standard InChI is InChI=1S/C11H12ClFN2O3/c1-6(16)5-14-10(17)11(18)15-9-3-2-7(12)4-8(9)13/h2-4,6,16H,5H2,1H3,(H,14,17)(H,15,18)/t6-/m0/s1. The Morgan fingerprint density at radius 3 is 2.67 bits per heavy atom. The highest BCUT2D eigenvalue weighted by atomic mass is 35.5. The maximum Gasteiger partial charge on any atom is 0.313 e. The number of aliphatic hydroxyl groups is 1. The predicted molar refractivity (Wildman–Crippen MR) is 64.7 cm³/mol. The van der Waals surface area contributed by atoms with E-state index in [4.69, 9.17) is 16.7 Å². The van der Waals surface area contributed by atoms with Crippen LogP contribution >= 0.6 is 11.6 Å². The molecule has 3 N–H and O–H groups in total. The van der Waals surface area contributed by atoms with E-state index in [9.17, 15) is 14.0 Å². The number of aliphatic hydroxyl groups excluding tert-OH is 1. The van der Waals surface area contributed by atoms with Gasteiger partial charge in [0.05, 0.1) is 11.8 Å². The number of carbonyl (C=O) groups excluding carboxylic acids is 2. The second-order valence-electron chi connectivity index (χ2n) is 3.64. The van der Waals surface area contributed by atoms with Crippen LogP contribution < -0.4 is 10.6 Å². The highest BCUT2D eigenvalue weighted by Crippen LogP contribution is 2.18. The molecular formula is C11H12ClFN2O3. The number of hydrogen-bond acceptors (Lipinski definition) is 3. The molecule has 0 radical (unpaired) electrons. The van der Waals surface area contributed by atoms with Crippen molar-refractivity contribution in [1.29, 1.82) is 0 Å². The Morgan fingerprint density at radius 1 is 1.44 bits per heavy atom. The Kier molecular flexibility index (Phi) is 5.06. The van der Waals surface area contributed by atoms with Gasteiger partial charge >= 0.3 is 11.8 Å². The lowest BCUT2D eigenvalue weighted by Gasteiger charge is -2.08. The second kappa shape index (κ2) is 6.32. The maximum absolute atomic E-state index is 13.3. The Balaban J connectivity index is 2.61. The molecule has 0 spiro atoms. The molecule has 0 aromatic heterocycles. The minimum Gasteiger partial charge on any atom is -0.392 e. The van der Waals surface area contributed by atoms with E-state index in [1.165, 1.54) is 19.1 Å². The molecule has 0 saturated carbocycles. The molecule has 1 aromatic carbocycles. The van der Waals surface area contributed by atoms with Gasteiger partial charge in [0.15, 0.2) is 0 Å². The maximum atomic E-state index is 13.3. The second-order valence-corrected chi connectivity index (χ2v) is 4.07. The van der Waals surface area contributed by atoms with Gasteiger partial charge < -0.3 is 15.7 Å². The summed E-state index contributed by atoms with van der Waals surface area (Å²) in [6.45, 7) is 1.40. The molecule has 1 rings (SSSR count). The van der Waals surface area contributed by atoms with Crippen molar-refractivity contribution in [3.8, 4) is 0 Å². The number of anilines is 1. The average Bonchev–Trinajstić information content (AvgIpc) is 2.29. The van der Waals surface area contributed by atoms with Gasteiger partial charge in [-0.3, -0.25) is 9.59 Å². The largest absolute Gasteiger partial charge is 0.392 e. The molecule has 0 fully saturated rings. The molecule has 0 bridgehead atoms. The minimum absolute atomic E-state index is 0.0602. The Bertz CT molecular complexity index is 466. The molecule has 0 aliphatic rings. The topological polar surface area (TPSA) is 78.4 Å². The van der Waals surface area contributed by atoms with E-state index >= 15 is 0 Å². The molecule has 0 unspecified atom stereocenters. The summed E-state index contributed by atoms with van der Waals surface area (Å²) in [6, 6.07) is 3.65. The summed E-state index contributed by atoms with van der Waals surface area (Å²) < 4.78 is 13.3. The number of benzene rings is 1. The van der Waals surface area contributed by atoms with Gasteiger partial charge in [0.1, 0.15) is 5.82 Å². The Hall–Kier alpha value is -1.66. The first-order valence-electron chi connectivity index (χ1n) is 5.12. The first kappa shape index (κ1) is 14.4. The van der Waals surface area contributed by atoms with Crippen molar-refractivity contribution < 1.29 is 19.1 Å². The van der Waals surface area contributed by atoms with E-state index in [0.717, 1.165) is 6.07 Å². The van der Waals surface area contributed by atoms with Gasteiger partial charge in [-0.15, -0.1) is 0 Å². The summed E-state index contributed by atoms with van der Waals surface area (Å²) in [5.41, 5.74) is -0.142. The van der Waals surface area contributed by atoms with Crippen molar-refractivity contribution in [2.24, 2.45) is 0 Å². The van der Waals surface area contributed by atoms with Gasteiger partial charge in [0.2, 0.25) is 0 Å². The highest BCUT2D eigenvalue weighted by Gasteiger charge is 2.15. The zero-order chi connectivity index (χ0) is 13.7. The molecule has 7 heteroatoms. The van der Waals surface area contributed by atoms with Gasteiger partial charge in [0, 0.05) is 11.6 Å². The normalized spacial score (nSPS) is 11.8. The van der Waals surface area contributed by atoms with E-state index in [1.54, 1.807) is 0 Å². The minimum atomic E-state index is -1.02. The first-order valence-corrected chi connectivity index (χ1v) is 5.50. The number of carbonyl (C=O) groups is 2. The third-order valence-electron chi connectivity index (χ3n) is 1.94. The molecule has 98 valence electrons. The quantitative estimate of drug-likeness (QED) is 0.717. The number of nitrogens with one attached hydrogen (secondary N) is 2. The van der Waals surface area contributed by atoms with Crippen molar-refractivity contribution in [3.05, 3.63) is 29.0 Å². The van der Waals surface area contributed by atoms with Crippen LogP contribution in [0.25, 0.3) is 0 Å². The van der Waals surface area contributed by atoms with Crippen molar-refractivity contribution in [3.63, 3.8) is 0 Å².